The number of hydrogen-bond acceptors (Lipinski definition) is 4. The largest absolute Gasteiger partial charge is 0.381 e. The van der Waals surface area contributed by atoms with E-state index in [1.807, 2.05) is 13.0 Å². The summed E-state index contributed by atoms with van der Waals surface area (Å²) in [5.74, 6) is -0.00620. The summed E-state index contributed by atoms with van der Waals surface area (Å²) in [6, 6.07) is 3.67. The van der Waals surface area contributed by atoms with Crippen molar-refractivity contribution < 1.29 is 14.3 Å². The zero-order valence-electron chi connectivity index (χ0n) is 12.7. The second-order valence-corrected chi connectivity index (χ2v) is 5.99. The molecule has 2 fully saturated rings. The molecule has 2 saturated heterocycles. The summed E-state index contributed by atoms with van der Waals surface area (Å²) in [5.41, 5.74) is 1.49. The fourth-order valence-electron chi connectivity index (χ4n) is 2.90. The van der Waals surface area contributed by atoms with Crippen LogP contribution in [0.3, 0.4) is 0 Å². The van der Waals surface area contributed by atoms with E-state index in [1.54, 1.807) is 17.2 Å². The van der Waals surface area contributed by atoms with E-state index in [-0.39, 0.29) is 23.8 Å². The molecule has 1 aromatic rings. The van der Waals surface area contributed by atoms with Crippen molar-refractivity contribution in [1.82, 2.24) is 15.2 Å². The van der Waals surface area contributed by atoms with Gasteiger partial charge in [0.15, 0.2) is 0 Å². The Bertz CT molecular complexity index is 552. The SMILES string of the molecule is Cc1ccc(C(=O)N2CC[C@@H](NC(=O)C3CCOC3)C2)cn1. The highest BCUT2D eigenvalue weighted by Crippen LogP contribution is 2.16. The van der Waals surface area contributed by atoms with Gasteiger partial charge >= 0.3 is 0 Å². The van der Waals surface area contributed by atoms with Crippen molar-refractivity contribution in [3.63, 3.8) is 0 Å². The molecule has 0 aromatic carbocycles. The highest BCUT2D eigenvalue weighted by atomic mass is 16.5. The lowest BCUT2D eigenvalue weighted by molar-refractivity contribution is -0.125. The molecule has 0 aliphatic carbocycles. The maximum Gasteiger partial charge on any atom is 0.255 e. The number of amides is 2. The minimum atomic E-state index is -0.0361. The van der Waals surface area contributed by atoms with Gasteiger partial charge in [0, 0.05) is 37.6 Å². The van der Waals surface area contributed by atoms with Gasteiger partial charge < -0.3 is 15.0 Å². The summed E-state index contributed by atoms with van der Waals surface area (Å²) in [6.07, 6.45) is 3.19. The molecule has 3 heterocycles. The first-order valence-corrected chi connectivity index (χ1v) is 7.73. The molecule has 6 nitrogen and oxygen atoms in total. The van der Waals surface area contributed by atoms with Crippen LogP contribution in [-0.4, -0.2) is 54.0 Å². The molecule has 6 heteroatoms. The molecular weight excluding hydrogens is 282 g/mol. The number of nitrogens with one attached hydrogen (secondary N) is 1. The smallest absolute Gasteiger partial charge is 0.255 e. The Labute approximate surface area is 129 Å². The molecule has 2 aliphatic heterocycles. The Hall–Kier alpha value is -1.95. The first kappa shape index (κ1) is 15.0. The van der Waals surface area contributed by atoms with Crippen molar-refractivity contribution in [2.45, 2.75) is 25.8 Å². The molecule has 0 bridgehead atoms. The fraction of sp³-hybridized carbons (Fsp3) is 0.562. The third-order valence-electron chi connectivity index (χ3n) is 4.28. The highest BCUT2D eigenvalue weighted by Gasteiger charge is 2.31. The molecule has 1 N–H and O–H groups in total. The molecule has 3 rings (SSSR count). The minimum absolute atomic E-state index is 0.0200. The predicted octanol–water partition coefficient (Wildman–Crippen LogP) is 0.757. The van der Waals surface area contributed by atoms with Gasteiger partial charge in [-0.15, -0.1) is 0 Å². The number of aryl methyl sites for hydroxylation is 1. The molecule has 0 spiro atoms. The van der Waals surface area contributed by atoms with Gasteiger partial charge in [0.1, 0.15) is 0 Å². The average Bonchev–Trinajstić information content (AvgIpc) is 3.19. The molecule has 2 atom stereocenters. The Kier molecular flexibility index (Phi) is 4.38. The van der Waals surface area contributed by atoms with Crippen molar-refractivity contribution in [2.24, 2.45) is 5.92 Å². The zero-order chi connectivity index (χ0) is 15.5. The third kappa shape index (κ3) is 3.27. The number of hydrogen-bond donors (Lipinski definition) is 1. The molecule has 0 radical (unpaired) electrons. The van der Waals surface area contributed by atoms with Crippen LogP contribution in [0.1, 0.15) is 28.9 Å². The van der Waals surface area contributed by atoms with Crippen LogP contribution in [0.25, 0.3) is 0 Å². The van der Waals surface area contributed by atoms with Gasteiger partial charge in [0.2, 0.25) is 5.91 Å². The van der Waals surface area contributed by atoms with Crippen molar-refractivity contribution in [3.05, 3.63) is 29.6 Å². The lowest BCUT2D eigenvalue weighted by Gasteiger charge is -2.18. The summed E-state index contributed by atoms with van der Waals surface area (Å²) in [5, 5.41) is 3.04. The molecule has 1 aromatic heterocycles. The Morgan fingerprint density at radius 2 is 2.23 bits per heavy atom. The van der Waals surface area contributed by atoms with Crippen LogP contribution in [0, 0.1) is 12.8 Å². The van der Waals surface area contributed by atoms with Crippen LogP contribution >= 0.6 is 0 Å². The van der Waals surface area contributed by atoms with Crippen molar-refractivity contribution in [2.75, 3.05) is 26.3 Å². The second-order valence-electron chi connectivity index (χ2n) is 5.99. The molecule has 0 saturated carbocycles. The normalized spacial score (nSPS) is 24.5. The Balaban J connectivity index is 1.54. The van der Waals surface area contributed by atoms with Crippen LogP contribution in [0.2, 0.25) is 0 Å². The van der Waals surface area contributed by atoms with E-state index >= 15 is 0 Å². The maximum atomic E-state index is 12.4. The van der Waals surface area contributed by atoms with Gasteiger partial charge in [-0.25, -0.2) is 0 Å². The first-order chi connectivity index (χ1) is 10.6. The maximum absolute atomic E-state index is 12.4. The Morgan fingerprint density at radius 3 is 2.91 bits per heavy atom. The highest BCUT2D eigenvalue weighted by molar-refractivity contribution is 5.94. The topological polar surface area (TPSA) is 71.5 Å². The van der Waals surface area contributed by atoms with Crippen LogP contribution in [0.5, 0.6) is 0 Å². The average molecular weight is 303 g/mol. The molecule has 2 aliphatic rings. The summed E-state index contributed by atoms with van der Waals surface area (Å²) in [7, 11) is 0. The van der Waals surface area contributed by atoms with Gasteiger partial charge in [-0.05, 0) is 31.9 Å². The van der Waals surface area contributed by atoms with Crippen LogP contribution in [0.15, 0.2) is 18.3 Å². The van der Waals surface area contributed by atoms with E-state index in [4.69, 9.17) is 4.74 Å². The standard InChI is InChI=1S/C16H21N3O3/c1-11-2-3-12(8-17-11)16(21)19-6-4-14(9-19)18-15(20)13-5-7-22-10-13/h2-3,8,13-14H,4-7,9-10H2,1H3,(H,18,20)/t13?,14-/m1/s1. The number of carbonyl (C=O) groups excluding carboxylic acids is 2. The lowest BCUT2D eigenvalue weighted by atomic mass is 10.1. The monoisotopic (exact) mass is 303 g/mol. The quantitative estimate of drug-likeness (QED) is 0.895. The number of pyridine rings is 1. The molecule has 118 valence electrons. The summed E-state index contributed by atoms with van der Waals surface area (Å²) in [4.78, 5) is 30.4. The molecule has 2 amide bonds. The van der Waals surface area contributed by atoms with Gasteiger partial charge in [0.05, 0.1) is 18.1 Å². The number of ether oxygens (including phenoxy) is 1. The third-order valence-corrected chi connectivity index (χ3v) is 4.28. The fourth-order valence-corrected chi connectivity index (χ4v) is 2.90. The number of aromatic nitrogens is 1. The second kappa shape index (κ2) is 6.44. The Morgan fingerprint density at radius 1 is 1.36 bits per heavy atom. The van der Waals surface area contributed by atoms with E-state index in [9.17, 15) is 9.59 Å². The van der Waals surface area contributed by atoms with E-state index in [2.05, 4.69) is 10.3 Å². The van der Waals surface area contributed by atoms with Crippen LogP contribution in [-0.2, 0) is 9.53 Å². The molecular formula is C16H21N3O3. The zero-order valence-corrected chi connectivity index (χ0v) is 12.7. The van der Waals surface area contributed by atoms with E-state index in [0.29, 0.717) is 31.9 Å². The van der Waals surface area contributed by atoms with E-state index in [0.717, 1.165) is 18.5 Å². The van der Waals surface area contributed by atoms with Crippen LogP contribution < -0.4 is 5.32 Å². The predicted molar refractivity (Wildman–Crippen MR) is 80.4 cm³/mol. The summed E-state index contributed by atoms with van der Waals surface area (Å²) < 4.78 is 5.24. The minimum Gasteiger partial charge on any atom is -0.381 e. The molecule has 22 heavy (non-hydrogen) atoms. The van der Waals surface area contributed by atoms with Crippen molar-refractivity contribution in [3.8, 4) is 0 Å². The van der Waals surface area contributed by atoms with E-state index in [1.165, 1.54) is 0 Å². The number of rotatable bonds is 3. The van der Waals surface area contributed by atoms with Gasteiger partial charge in [-0.1, -0.05) is 0 Å². The lowest BCUT2D eigenvalue weighted by Crippen LogP contribution is -2.41. The number of likely N-dealkylation sites (tertiary alicyclic amines) is 1. The van der Waals surface area contributed by atoms with Gasteiger partial charge in [-0.3, -0.25) is 14.6 Å². The van der Waals surface area contributed by atoms with Crippen molar-refractivity contribution in [1.29, 1.82) is 0 Å². The summed E-state index contributed by atoms with van der Waals surface area (Å²) >= 11 is 0. The first-order valence-electron chi connectivity index (χ1n) is 7.73. The van der Waals surface area contributed by atoms with Gasteiger partial charge in [0.25, 0.3) is 5.91 Å². The van der Waals surface area contributed by atoms with Gasteiger partial charge in [-0.2, -0.15) is 0 Å². The van der Waals surface area contributed by atoms with Crippen molar-refractivity contribution >= 4 is 11.8 Å². The van der Waals surface area contributed by atoms with E-state index < -0.39 is 0 Å². The number of carbonyl (C=O) groups is 2. The van der Waals surface area contributed by atoms with Crippen LogP contribution in [0.4, 0.5) is 0 Å². The molecule has 1 unspecified atom stereocenters. The summed E-state index contributed by atoms with van der Waals surface area (Å²) in [6.45, 7) is 4.29. The number of nitrogens with zero attached hydrogens (tertiary/aromatic N) is 2.